The Morgan fingerprint density at radius 1 is 1.24 bits per heavy atom. The zero-order chi connectivity index (χ0) is 12.8. The van der Waals surface area contributed by atoms with Crippen molar-refractivity contribution in [3.8, 4) is 0 Å². The number of rotatable bonds is 5. The molecule has 0 aliphatic rings. The van der Waals surface area contributed by atoms with E-state index >= 15 is 0 Å². The summed E-state index contributed by atoms with van der Waals surface area (Å²) in [6.07, 6.45) is 0. The lowest BCUT2D eigenvalue weighted by atomic mass is 10.1. The number of carbonyl (C=O) groups is 2. The average molecular weight is 236 g/mol. The van der Waals surface area contributed by atoms with E-state index in [-0.39, 0.29) is 19.0 Å². The number of carboxylic acids is 1. The van der Waals surface area contributed by atoms with E-state index in [1.807, 2.05) is 32.0 Å². The van der Waals surface area contributed by atoms with Crippen molar-refractivity contribution in [2.24, 2.45) is 0 Å². The van der Waals surface area contributed by atoms with Crippen LogP contribution in [0.4, 0.5) is 5.69 Å². The molecule has 3 N–H and O–H groups in total. The van der Waals surface area contributed by atoms with Crippen molar-refractivity contribution < 1.29 is 14.7 Å². The van der Waals surface area contributed by atoms with Crippen LogP contribution in [0.3, 0.4) is 0 Å². The standard InChI is InChI=1S/C12H16N2O3/c1-8-4-3-5-10(9(8)2)14-11(15)6-13-7-12(16)17/h3-5,13H,6-7H2,1-2H3,(H,14,15)(H,16,17). The molecule has 1 aromatic carbocycles. The topological polar surface area (TPSA) is 78.4 Å². The third kappa shape index (κ3) is 4.24. The Balaban J connectivity index is 2.51. The van der Waals surface area contributed by atoms with Crippen LogP contribution < -0.4 is 10.6 Å². The Morgan fingerprint density at radius 2 is 1.94 bits per heavy atom. The van der Waals surface area contributed by atoms with Crippen molar-refractivity contribution in [3.05, 3.63) is 29.3 Å². The maximum Gasteiger partial charge on any atom is 0.317 e. The SMILES string of the molecule is Cc1cccc(NC(=O)CNCC(=O)O)c1C. The predicted octanol–water partition coefficient (Wildman–Crippen LogP) is 0.916. The maximum atomic E-state index is 11.5. The number of amides is 1. The molecule has 0 radical (unpaired) electrons. The molecule has 0 saturated carbocycles. The van der Waals surface area contributed by atoms with Crippen LogP contribution in [0.2, 0.25) is 0 Å². The van der Waals surface area contributed by atoms with Crippen molar-refractivity contribution in [2.75, 3.05) is 18.4 Å². The molecule has 0 saturated heterocycles. The van der Waals surface area contributed by atoms with E-state index in [2.05, 4.69) is 10.6 Å². The molecule has 1 rings (SSSR count). The van der Waals surface area contributed by atoms with Gasteiger partial charge in [-0.15, -0.1) is 0 Å². The molecule has 0 aliphatic carbocycles. The molecular formula is C12H16N2O3. The van der Waals surface area contributed by atoms with E-state index < -0.39 is 5.97 Å². The van der Waals surface area contributed by atoms with Gasteiger partial charge in [0.15, 0.2) is 0 Å². The van der Waals surface area contributed by atoms with Crippen molar-refractivity contribution in [1.82, 2.24) is 5.32 Å². The second-order valence-corrected chi connectivity index (χ2v) is 3.79. The van der Waals surface area contributed by atoms with Gasteiger partial charge in [0.2, 0.25) is 5.91 Å². The van der Waals surface area contributed by atoms with Crippen molar-refractivity contribution in [3.63, 3.8) is 0 Å². The van der Waals surface area contributed by atoms with Crippen LogP contribution in [-0.4, -0.2) is 30.1 Å². The molecule has 0 heterocycles. The van der Waals surface area contributed by atoms with Crippen LogP contribution in [0.25, 0.3) is 0 Å². The van der Waals surface area contributed by atoms with Crippen LogP contribution in [-0.2, 0) is 9.59 Å². The van der Waals surface area contributed by atoms with Gasteiger partial charge < -0.3 is 10.4 Å². The Hall–Kier alpha value is -1.88. The monoisotopic (exact) mass is 236 g/mol. The third-order valence-corrected chi connectivity index (χ3v) is 2.44. The molecule has 1 aromatic rings. The highest BCUT2D eigenvalue weighted by Crippen LogP contribution is 2.17. The fraction of sp³-hybridized carbons (Fsp3) is 0.333. The smallest absolute Gasteiger partial charge is 0.317 e. The minimum Gasteiger partial charge on any atom is -0.480 e. The van der Waals surface area contributed by atoms with Crippen LogP contribution in [0.5, 0.6) is 0 Å². The summed E-state index contributed by atoms with van der Waals surface area (Å²) in [5, 5.41) is 13.7. The van der Waals surface area contributed by atoms with Gasteiger partial charge in [-0.2, -0.15) is 0 Å². The van der Waals surface area contributed by atoms with E-state index in [1.165, 1.54) is 0 Å². The van der Waals surface area contributed by atoms with E-state index in [0.717, 1.165) is 16.8 Å². The number of hydrogen-bond acceptors (Lipinski definition) is 3. The van der Waals surface area contributed by atoms with Crippen LogP contribution >= 0.6 is 0 Å². The fourth-order valence-electron chi connectivity index (χ4n) is 1.36. The molecule has 5 nitrogen and oxygen atoms in total. The van der Waals surface area contributed by atoms with E-state index in [9.17, 15) is 9.59 Å². The number of anilines is 1. The molecule has 0 aliphatic heterocycles. The number of hydrogen-bond donors (Lipinski definition) is 3. The van der Waals surface area contributed by atoms with Crippen LogP contribution in [0.1, 0.15) is 11.1 Å². The highest BCUT2D eigenvalue weighted by molar-refractivity contribution is 5.93. The highest BCUT2D eigenvalue weighted by atomic mass is 16.4. The molecule has 17 heavy (non-hydrogen) atoms. The summed E-state index contributed by atoms with van der Waals surface area (Å²) in [4.78, 5) is 21.7. The van der Waals surface area contributed by atoms with Crippen molar-refractivity contribution >= 4 is 17.6 Å². The summed E-state index contributed by atoms with van der Waals surface area (Å²) >= 11 is 0. The Labute approximate surface area is 99.8 Å². The number of carbonyl (C=O) groups excluding carboxylic acids is 1. The number of aliphatic carboxylic acids is 1. The minimum atomic E-state index is -0.982. The average Bonchev–Trinajstić information content (AvgIpc) is 2.24. The van der Waals surface area contributed by atoms with Gasteiger partial charge in [0.25, 0.3) is 0 Å². The molecule has 0 atom stereocenters. The molecule has 0 bridgehead atoms. The van der Waals surface area contributed by atoms with Gasteiger partial charge in [-0.3, -0.25) is 14.9 Å². The quantitative estimate of drug-likeness (QED) is 0.710. The molecule has 92 valence electrons. The van der Waals surface area contributed by atoms with Crippen LogP contribution in [0, 0.1) is 13.8 Å². The molecule has 1 amide bonds. The lowest BCUT2D eigenvalue weighted by Gasteiger charge is -2.10. The second-order valence-electron chi connectivity index (χ2n) is 3.79. The molecule has 0 fully saturated rings. The largest absolute Gasteiger partial charge is 0.480 e. The number of aryl methyl sites for hydroxylation is 1. The first-order valence-electron chi connectivity index (χ1n) is 5.29. The van der Waals surface area contributed by atoms with Crippen LogP contribution in [0.15, 0.2) is 18.2 Å². The summed E-state index contributed by atoms with van der Waals surface area (Å²) in [6.45, 7) is 3.66. The van der Waals surface area contributed by atoms with Gasteiger partial charge >= 0.3 is 5.97 Å². The molecule has 0 aromatic heterocycles. The first-order chi connectivity index (χ1) is 8.00. The summed E-state index contributed by atoms with van der Waals surface area (Å²) < 4.78 is 0. The zero-order valence-corrected chi connectivity index (χ0v) is 9.91. The maximum absolute atomic E-state index is 11.5. The molecular weight excluding hydrogens is 220 g/mol. The van der Waals surface area contributed by atoms with Gasteiger partial charge in [-0.25, -0.2) is 0 Å². The van der Waals surface area contributed by atoms with Crippen molar-refractivity contribution in [1.29, 1.82) is 0 Å². The summed E-state index contributed by atoms with van der Waals surface area (Å²) in [7, 11) is 0. The molecule has 0 spiro atoms. The Kier molecular flexibility index (Phi) is 4.66. The number of benzene rings is 1. The van der Waals surface area contributed by atoms with Gasteiger partial charge in [0.05, 0.1) is 13.1 Å². The van der Waals surface area contributed by atoms with Gasteiger partial charge in [-0.1, -0.05) is 12.1 Å². The normalized spacial score (nSPS) is 10.0. The minimum absolute atomic E-state index is 0.0142. The summed E-state index contributed by atoms with van der Waals surface area (Å²) in [5.41, 5.74) is 2.87. The summed E-state index contributed by atoms with van der Waals surface area (Å²) in [6, 6.07) is 5.65. The van der Waals surface area contributed by atoms with Gasteiger partial charge in [-0.05, 0) is 31.0 Å². The second kappa shape index (κ2) is 6.00. The Morgan fingerprint density at radius 3 is 2.59 bits per heavy atom. The molecule has 0 unspecified atom stereocenters. The zero-order valence-electron chi connectivity index (χ0n) is 9.91. The lowest BCUT2D eigenvalue weighted by Crippen LogP contribution is -2.32. The number of carboxylic acid groups (broad SMARTS) is 1. The van der Waals surface area contributed by atoms with E-state index in [0.29, 0.717) is 0 Å². The first-order valence-corrected chi connectivity index (χ1v) is 5.29. The highest BCUT2D eigenvalue weighted by Gasteiger charge is 2.06. The predicted molar refractivity (Wildman–Crippen MR) is 65.1 cm³/mol. The first kappa shape index (κ1) is 13.2. The summed E-state index contributed by atoms with van der Waals surface area (Å²) in [5.74, 6) is -1.23. The fourth-order valence-corrected chi connectivity index (χ4v) is 1.36. The van der Waals surface area contributed by atoms with E-state index in [1.54, 1.807) is 0 Å². The lowest BCUT2D eigenvalue weighted by molar-refractivity contribution is -0.135. The van der Waals surface area contributed by atoms with Gasteiger partial charge in [0, 0.05) is 5.69 Å². The van der Waals surface area contributed by atoms with E-state index in [4.69, 9.17) is 5.11 Å². The molecule has 5 heteroatoms. The van der Waals surface area contributed by atoms with Crippen molar-refractivity contribution in [2.45, 2.75) is 13.8 Å². The number of nitrogens with one attached hydrogen (secondary N) is 2. The third-order valence-electron chi connectivity index (χ3n) is 2.44. The van der Waals surface area contributed by atoms with Gasteiger partial charge in [0.1, 0.15) is 0 Å². The Bertz CT molecular complexity index is 430.